The van der Waals surface area contributed by atoms with E-state index in [1.165, 1.54) is 0 Å². The highest BCUT2D eigenvalue weighted by molar-refractivity contribution is 5.67. The molecule has 1 heterocycles. The van der Waals surface area contributed by atoms with Gasteiger partial charge in [-0.1, -0.05) is 27.2 Å². The molecule has 1 rings (SSSR count). The molecule has 6 nitrogen and oxygen atoms in total. The standard InChI is InChI=1S/C16H33N3O3/c1-4-7-12-22-16(21)19-10-8-18(9-11-19)14-15(20)13-17(5-2)6-3/h15,20H,4-14H2,1-3H3/t15-/m1/s1. The van der Waals surface area contributed by atoms with Gasteiger partial charge >= 0.3 is 6.09 Å². The zero-order valence-electron chi connectivity index (χ0n) is 14.5. The van der Waals surface area contributed by atoms with Gasteiger partial charge in [0.05, 0.1) is 12.7 Å². The van der Waals surface area contributed by atoms with E-state index in [4.69, 9.17) is 4.74 Å². The number of rotatable bonds is 9. The molecule has 1 aliphatic rings. The van der Waals surface area contributed by atoms with Crippen molar-refractivity contribution in [3.63, 3.8) is 0 Å². The summed E-state index contributed by atoms with van der Waals surface area (Å²) in [6.45, 7) is 13.1. The van der Waals surface area contributed by atoms with Crippen LogP contribution in [0.25, 0.3) is 0 Å². The maximum absolute atomic E-state index is 11.9. The Kier molecular flexibility index (Phi) is 9.43. The van der Waals surface area contributed by atoms with Crippen LogP contribution in [0, 0.1) is 0 Å². The van der Waals surface area contributed by atoms with Crippen LogP contribution in [-0.2, 0) is 4.74 Å². The van der Waals surface area contributed by atoms with Crippen molar-refractivity contribution in [2.45, 2.75) is 39.7 Å². The first kappa shape index (κ1) is 19.2. The number of piperazine rings is 1. The Morgan fingerprint density at radius 2 is 1.82 bits per heavy atom. The SMILES string of the molecule is CCCCOC(=O)N1CCN(C[C@H](O)CN(CC)CC)CC1. The molecule has 1 aliphatic heterocycles. The maximum atomic E-state index is 11.9. The summed E-state index contributed by atoms with van der Waals surface area (Å²) in [5.74, 6) is 0. The third kappa shape index (κ3) is 6.94. The third-order valence-corrected chi connectivity index (χ3v) is 4.19. The smallest absolute Gasteiger partial charge is 0.409 e. The third-order valence-electron chi connectivity index (χ3n) is 4.19. The lowest BCUT2D eigenvalue weighted by Crippen LogP contribution is -2.51. The van der Waals surface area contributed by atoms with E-state index < -0.39 is 0 Å². The molecule has 0 unspecified atom stereocenters. The number of carbonyl (C=O) groups is 1. The summed E-state index contributed by atoms with van der Waals surface area (Å²) in [5.41, 5.74) is 0. The predicted molar refractivity (Wildman–Crippen MR) is 88.1 cm³/mol. The topological polar surface area (TPSA) is 56.3 Å². The molecule has 22 heavy (non-hydrogen) atoms. The van der Waals surface area contributed by atoms with Crippen molar-refractivity contribution >= 4 is 6.09 Å². The number of carbonyl (C=O) groups excluding carboxylic acids is 1. The van der Waals surface area contributed by atoms with Gasteiger partial charge in [-0.2, -0.15) is 0 Å². The molecule has 1 atom stereocenters. The first-order valence-corrected chi connectivity index (χ1v) is 8.65. The Hall–Kier alpha value is -0.850. The summed E-state index contributed by atoms with van der Waals surface area (Å²) in [4.78, 5) is 18.1. The van der Waals surface area contributed by atoms with Gasteiger partial charge in [0.2, 0.25) is 0 Å². The number of aliphatic hydroxyl groups is 1. The summed E-state index contributed by atoms with van der Waals surface area (Å²) in [6, 6.07) is 0. The van der Waals surface area contributed by atoms with Crippen LogP contribution in [0.4, 0.5) is 4.79 Å². The second-order valence-corrected chi connectivity index (χ2v) is 5.90. The van der Waals surface area contributed by atoms with Crippen LogP contribution in [0.5, 0.6) is 0 Å². The number of β-amino-alcohol motifs (C(OH)–C–C–N with tert-alkyl or cyclic N) is 1. The van der Waals surface area contributed by atoms with Gasteiger partial charge in [0.15, 0.2) is 0 Å². The van der Waals surface area contributed by atoms with Gasteiger partial charge in [0, 0.05) is 39.3 Å². The van der Waals surface area contributed by atoms with Crippen molar-refractivity contribution < 1.29 is 14.6 Å². The Bertz CT molecular complexity index is 303. The van der Waals surface area contributed by atoms with Crippen LogP contribution < -0.4 is 0 Å². The average molecular weight is 315 g/mol. The average Bonchev–Trinajstić information content (AvgIpc) is 2.53. The van der Waals surface area contributed by atoms with E-state index in [-0.39, 0.29) is 12.2 Å². The van der Waals surface area contributed by atoms with Gasteiger partial charge < -0.3 is 19.6 Å². The molecule has 0 radical (unpaired) electrons. The summed E-state index contributed by atoms with van der Waals surface area (Å²) in [7, 11) is 0. The van der Waals surface area contributed by atoms with Crippen LogP contribution in [0.3, 0.4) is 0 Å². The first-order valence-electron chi connectivity index (χ1n) is 8.65. The van der Waals surface area contributed by atoms with Gasteiger partial charge in [0.25, 0.3) is 0 Å². The molecular weight excluding hydrogens is 282 g/mol. The lowest BCUT2D eigenvalue weighted by molar-refractivity contribution is 0.0443. The molecule has 0 aromatic heterocycles. The van der Waals surface area contributed by atoms with Crippen molar-refractivity contribution in [1.29, 1.82) is 0 Å². The fourth-order valence-electron chi connectivity index (χ4n) is 2.64. The fraction of sp³-hybridized carbons (Fsp3) is 0.938. The molecule has 0 saturated carbocycles. The number of hydrogen-bond acceptors (Lipinski definition) is 5. The van der Waals surface area contributed by atoms with Crippen molar-refractivity contribution in [3.05, 3.63) is 0 Å². The number of unbranched alkanes of at least 4 members (excludes halogenated alkanes) is 1. The quantitative estimate of drug-likeness (QED) is 0.649. The minimum absolute atomic E-state index is 0.197. The van der Waals surface area contributed by atoms with Crippen molar-refractivity contribution in [2.24, 2.45) is 0 Å². The van der Waals surface area contributed by atoms with Gasteiger partial charge in [-0.05, 0) is 19.5 Å². The van der Waals surface area contributed by atoms with Crippen LogP contribution in [0.2, 0.25) is 0 Å². The molecule has 6 heteroatoms. The molecule has 1 saturated heterocycles. The van der Waals surface area contributed by atoms with E-state index in [2.05, 4.69) is 30.6 Å². The van der Waals surface area contributed by atoms with Gasteiger partial charge in [-0.15, -0.1) is 0 Å². The number of nitrogens with zero attached hydrogens (tertiary/aromatic N) is 3. The van der Waals surface area contributed by atoms with E-state index >= 15 is 0 Å². The normalized spacial score (nSPS) is 17.8. The van der Waals surface area contributed by atoms with Gasteiger partial charge in [-0.3, -0.25) is 4.90 Å². The van der Waals surface area contributed by atoms with E-state index in [0.29, 0.717) is 32.8 Å². The van der Waals surface area contributed by atoms with E-state index in [0.717, 1.165) is 39.0 Å². The zero-order valence-corrected chi connectivity index (χ0v) is 14.5. The molecule has 0 spiro atoms. The molecule has 1 fully saturated rings. The Labute approximate surface area is 135 Å². The number of ether oxygens (including phenoxy) is 1. The summed E-state index contributed by atoms with van der Waals surface area (Å²) in [6.07, 6.45) is 1.43. The number of amides is 1. The highest BCUT2D eigenvalue weighted by Crippen LogP contribution is 2.06. The highest BCUT2D eigenvalue weighted by atomic mass is 16.6. The van der Waals surface area contributed by atoms with E-state index in [1.54, 1.807) is 4.90 Å². The van der Waals surface area contributed by atoms with E-state index in [1.807, 2.05) is 0 Å². The lowest BCUT2D eigenvalue weighted by Gasteiger charge is -2.35. The predicted octanol–water partition coefficient (Wildman–Crippen LogP) is 1.24. The van der Waals surface area contributed by atoms with Crippen LogP contribution >= 0.6 is 0 Å². The number of aliphatic hydroxyl groups excluding tert-OH is 1. The Morgan fingerprint density at radius 1 is 1.18 bits per heavy atom. The van der Waals surface area contributed by atoms with Crippen molar-refractivity contribution in [2.75, 3.05) is 59.0 Å². The Balaban J connectivity index is 2.23. The number of hydrogen-bond donors (Lipinski definition) is 1. The second kappa shape index (κ2) is 10.8. The summed E-state index contributed by atoms with van der Waals surface area (Å²) < 4.78 is 5.23. The Morgan fingerprint density at radius 3 is 2.36 bits per heavy atom. The zero-order chi connectivity index (χ0) is 16.4. The summed E-state index contributed by atoms with van der Waals surface area (Å²) in [5, 5.41) is 10.2. The van der Waals surface area contributed by atoms with Gasteiger partial charge in [0.1, 0.15) is 0 Å². The molecule has 1 amide bonds. The van der Waals surface area contributed by atoms with Crippen LogP contribution in [-0.4, -0.2) is 91.0 Å². The van der Waals surface area contributed by atoms with Crippen molar-refractivity contribution in [1.82, 2.24) is 14.7 Å². The first-order chi connectivity index (χ1) is 10.6. The minimum Gasteiger partial charge on any atom is -0.449 e. The monoisotopic (exact) mass is 315 g/mol. The van der Waals surface area contributed by atoms with Crippen molar-refractivity contribution in [3.8, 4) is 0 Å². The van der Waals surface area contributed by atoms with Crippen LogP contribution in [0.15, 0.2) is 0 Å². The minimum atomic E-state index is -0.331. The number of likely N-dealkylation sites (N-methyl/N-ethyl adjacent to an activating group) is 1. The van der Waals surface area contributed by atoms with E-state index in [9.17, 15) is 9.90 Å². The molecule has 0 bridgehead atoms. The largest absolute Gasteiger partial charge is 0.449 e. The lowest BCUT2D eigenvalue weighted by atomic mass is 10.2. The molecule has 130 valence electrons. The second-order valence-electron chi connectivity index (χ2n) is 5.90. The van der Waals surface area contributed by atoms with Gasteiger partial charge in [-0.25, -0.2) is 4.79 Å². The molecule has 0 aromatic carbocycles. The highest BCUT2D eigenvalue weighted by Gasteiger charge is 2.23. The fourth-order valence-corrected chi connectivity index (χ4v) is 2.64. The molecule has 1 N–H and O–H groups in total. The molecule has 0 aromatic rings. The summed E-state index contributed by atoms with van der Waals surface area (Å²) >= 11 is 0. The molecular formula is C16H33N3O3. The maximum Gasteiger partial charge on any atom is 0.409 e. The van der Waals surface area contributed by atoms with Crippen LogP contribution in [0.1, 0.15) is 33.6 Å². The molecule has 0 aliphatic carbocycles.